The molecule has 2 N–H and O–H groups in total. The molecule has 0 saturated heterocycles. The van der Waals surface area contributed by atoms with Gasteiger partial charge >= 0.3 is 6.18 Å². The van der Waals surface area contributed by atoms with Crippen LogP contribution >= 0.6 is 11.8 Å². The summed E-state index contributed by atoms with van der Waals surface area (Å²) in [4.78, 5) is 1.18. The Kier molecular flexibility index (Phi) is 5.04. The third-order valence-electron chi connectivity index (χ3n) is 4.03. The molecular formula is C16H20F3NS. The first kappa shape index (κ1) is 16.4. The largest absolute Gasteiger partial charge is 0.416 e. The summed E-state index contributed by atoms with van der Waals surface area (Å²) in [6, 6.07) is 5.48. The third-order valence-corrected chi connectivity index (χ3v) is 5.59. The van der Waals surface area contributed by atoms with Crippen molar-refractivity contribution in [3.63, 3.8) is 0 Å². The molecule has 2 rings (SSSR count). The molecule has 0 saturated carbocycles. The Hall–Kier alpha value is -0.940. The second-order valence-corrected chi connectivity index (χ2v) is 6.97. The zero-order valence-electron chi connectivity index (χ0n) is 12.2. The molecule has 2 atom stereocenters. The molecule has 0 radical (unpaired) electrons. The highest BCUT2D eigenvalue weighted by atomic mass is 32.2. The fourth-order valence-electron chi connectivity index (χ4n) is 2.64. The highest BCUT2D eigenvalue weighted by Crippen LogP contribution is 2.40. The number of thioether (sulfide) groups is 1. The number of hydrogen-bond donors (Lipinski definition) is 1. The molecule has 116 valence electrons. The summed E-state index contributed by atoms with van der Waals surface area (Å²) in [5.41, 5.74) is 7.25. The van der Waals surface area contributed by atoms with Gasteiger partial charge in [-0.2, -0.15) is 13.2 Å². The van der Waals surface area contributed by atoms with Gasteiger partial charge in [0.15, 0.2) is 0 Å². The Morgan fingerprint density at radius 2 is 1.86 bits per heavy atom. The molecule has 1 aromatic rings. The molecule has 0 aromatic heterocycles. The summed E-state index contributed by atoms with van der Waals surface area (Å²) in [7, 11) is 0. The van der Waals surface area contributed by atoms with Crippen molar-refractivity contribution in [1.29, 1.82) is 0 Å². The number of alkyl halides is 3. The Balaban J connectivity index is 2.28. The molecule has 1 aliphatic rings. The number of hydrogen-bond acceptors (Lipinski definition) is 2. The van der Waals surface area contributed by atoms with Gasteiger partial charge in [0.2, 0.25) is 0 Å². The average molecular weight is 315 g/mol. The van der Waals surface area contributed by atoms with Crippen LogP contribution in [0.1, 0.15) is 37.8 Å². The molecule has 0 bridgehead atoms. The Labute approximate surface area is 127 Å². The van der Waals surface area contributed by atoms with E-state index in [9.17, 15) is 13.2 Å². The van der Waals surface area contributed by atoms with E-state index in [-0.39, 0.29) is 0 Å². The van der Waals surface area contributed by atoms with E-state index in [1.807, 2.05) is 6.92 Å². The standard InChI is InChI=1S/C16H20F3NS/c1-10-3-8-14(11(2)21-15(10)9-20)12-4-6-13(7-5-12)16(17,18)19/h4-7,10,15H,3,8-9,20H2,1-2H3. The van der Waals surface area contributed by atoms with E-state index in [0.717, 1.165) is 36.1 Å². The minimum Gasteiger partial charge on any atom is -0.329 e. The lowest BCUT2D eigenvalue weighted by atomic mass is 9.94. The number of nitrogens with two attached hydrogens (primary N) is 1. The summed E-state index contributed by atoms with van der Waals surface area (Å²) < 4.78 is 37.9. The molecule has 5 heteroatoms. The maximum absolute atomic E-state index is 12.6. The van der Waals surface area contributed by atoms with Crippen molar-refractivity contribution in [3.8, 4) is 0 Å². The van der Waals surface area contributed by atoms with Gasteiger partial charge < -0.3 is 5.73 Å². The Morgan fingerprint density at radius 1 is 1.24 bits per heavy atom. The first-order valence-electron chi connectivity index (χ1n) is 7.07. The van der Waals surface area contributed by atoms with Crippen molar-refractivity contribution in [1.82, 2.24) is 0 Å². The van der Waals surface area contributed by atoms with E-state index in [2.05, 4.69) is 6.92 Å². The van der Waals surface area contributed by atoms with Crippen LogP contribution in [0.3, 0.4) is 0 Å². The fraction of sp³-hybridized carbons (Fsp3) is 0.500. The normalized spacial score (nSPS) is 24.1. The van der Waals surface area contributed by atoms with Crippen molar-refractivity contribution >= 4 is 17.3 Å². The molecule has 2 unspecified atom stereocenters. The minimum atomic E-state index is -4.28. The smallest absolute Gasteiger partial charge is 0.329 e. The predicted molar refractivity (Wildman–Crippen MR) is 82.9 cm³/mol. The van der Waals surface area contributed by atoms with Crippen molar-refractivity contribution in [3.05, 3.63) is 40.3 Å². The van der Waals surface area contributed by atoms with Crippen LogP contribution in [0.4, 0.5) is 13.2 Å². The summed E-state index contributed by atoms with van der Waals surface area (Å²) in [5.74, 6) is 0.516. The van der Waals surface area contributed by atoms with Gasteiger partial charge in [-0.15, -0.1) is 11.8 Å². The van der Waals surface area contributed by atoms with E-state index in [1.54, 1.807) is 23.9 Å². The quantitative estimate of drug-likeness (QED) is 0.837. The molecule has 1 heterocycles. The third kappa shape index (κ3) is 3.83. The van der Waals surface area contributed by atoms with E-state index in [0.29, 0.717) is 17.7 Å². The lowest BCUT2D eigenvalue weighted by molar-refractivity contribution is -0.137. The fourth-order valence-corrected chi connectivity index (χ4v) is 3.92. The van der Waals surface area contributed by atoms with Crippen LogP contribution in [0, 0.1) is 5.92 Å². The minimum absolute atomic E-state index is 0.386. The van der Waals surface area contributed by atoms with Crippen molar-refractivity contribution in [2.24, 2.45) is 11.7 Å². The van der Waals surface area contributed by atoms with Crippen molar-refractivity contribution in [2.45, 2.75) is 38.1 Å². The topological polar surface area (TPSA) is 26.0 Å². The Bertz CT molecular complexity index is 519. The molecule has 1 nitrogen and oxygen atoms in total. The molecule has 0 amide bonds. The van der Waals surface area contributed by atoms with Gasteiger partial charge in [0.1, 0.15) is 0 Å². The van der Waals surface area contributed by atoms with Crippen LogP contribution in [0.25, 0.3) is 5.57 Å². The van der Waals surface area contributed by atoms with E-state index < -0.39 is 11.7 Å². The zero-order chi connectivity index (χ0) is 15.6. The first-order chi connectivity index (χ1) is 9.82. The van der Waals surface area contributed by atoms with Gasteiger partial charge in [-0.1, -0.05) is 19.1 Å². The predicted octanol–water partition coefficient (Wildman–Crippen LogP) is 4.93. The van der Waals surface area contributed by atoms with Crippen molar-refractivity contribution < 1.29 is 13.2 Å². The molecule has 0 spiro atoms. The molecule has 0 fully saturated rings. The van der Waals surface area contributed by atoms with Gasteiger partial charge in [-0.3, -0.25) is 0 Å². The molecule has 21 heavy (non-hydrogen) atoms. The Morgan fingerprint density at radius 3 is 2.38 bits per heavy atom. The summed E-state index contributed by atoms with van der Waals surface area (Å²) in [6.07, 6.45) is -2.37. The van der Waals surface area contributed by atoms with Crippen LogP contribution in [0.5, 0.6) is 0 Å². The molecule has 0 aliphatic carbocycles. The summed E-state index contributed by atoms with van der Waals surface area (Å²) in [6.45, 7) is 4.86. The van der Waals surface area contributed by atoms with Gasteiger partial charge in [0.05, 0.1) is 5.56 Å². The second-order valence-electron chi connectivity index (χ2n) is 5.52. The summed E-state index contributed by atoms with van der Waals surface area (Å²) >= 11 is 1.76. The van der Waals surface area contributed by atoms with Crippen LogP contribution in [0.15, 0.2) is 29.2 Å². The van der Waals surface area contributed by atoms with E-state index in [4.69, 9.17) is 5.73 Å². The monoisotopic (exact) mass is 315 g/mol. The lowest BCUT2D eigenvalue weighted by Crippen LogP contribution is -2.23. The lowest BCUT2D eigenvalue weighted by Gasteiger charge is -2.18. The van der Waals surface area contributed by atoms with Gasteiger partial charge in [0, 0.05) is 11.8 Å². The van der Waals surface area contributed by atoms with Crippen molar-refractivity contribution in [2.75, 3.05) is 6.54 Å². The van der Waals surface area contributed by atoms with Crippen LogP contribution in [0.2, 0.25) is 0 Å². The van der Waals surface area contributed by atoms with Gasteiger partial charge in [-0.25, -0.2) is 0 Å². The maximum atomic E-state index is 12.6. The van der Waals surface area contributed by atoms with Gasteiger partial charge in [0.25, 0.3) is 0 Å². The SMILES string of the molecule is CC1=C(c2ccc(C(F)(F)F)cc2)CCC(C)C(CN)S1. The summed E-state index contributed by atoms with van der Waals surface area (Å²) in [5, 5.41) is 0.386. The number of allylic oxidation sites excluding steroid dienone is 2. The molecule has 1 aromatic carbocycles. The highest BCUT2D eigenvalue weighted by molar-refractivity contribution is 8.03. The van der Waals surface area contributed by atoms with Crippen LogP contribution in [-0.4, -0.2) is 11.8 Å². The average Bonchev–Trinajstić information content (AvgIpc) is 2.57. The number of halogens is 3. The highest BCUT2D eigenvalue weighted by Gasteiger charge is 2.30. The maximum Gasteiger partial charge on any atom is 0.416 e. The van der Waals surface area contributed by atoms with Crippen LogP contribution < -0.4 is 5.73 Å². The first-order valence-corrected chi connectivity index (χ1v) is 7.95. The second kappa shape index (κ2) is 6.44. The van der Waals surface area contributed by atoms with Gasteiger partial charge in [-0.05, 0) is 53.9 Å². The zero-order valence-corrected chi connectivity index (χ0v) is 13.0. The van der Waals surface area contributed by atoms with E-state index in [1.165, 1.54) is 4.91 Å². The molecular weight excluding hydrogens is 295 g/mol. The molecule has 1 aliphatic heterocycles. The number of rotatable bonds is 2. The number of benzene rings is 1. The van der Waals surface area contributed by atoms with E-state index >= 15 is 0 Å². The van der Waals surface area contributed by atoms with Crippen LogP contribution in [-0.2, 0) is 6.18 Å².